The fraction of sp³-hybridized carbons (Fsp3) is 0.211. The van der Waals surface area contributed by atoms with Crippen LogP contribution in [0.3, 0.4) is 0 Å². The van der Waals surface area contributed by atoms with Crippen molar-refractivity contribution in [2.24, 2.45) is 0 Å². The van der Waals surface area contributed by atoms with E-state index in [1.165, 1.54) is 6.07 Å². The molecule has 0 bridgehead atoms. The average Bonchev–Trinajstić information content (AvgIpc) is 2.93. The average molecular weight is 355 g/mol. The lowest BCUT2D eigenvalue weighted by Gasteiger charge is -2.07. The fourth-order valence-electron chi connectivity index (χ4n) is 2.78. The second-order valence-corrected chi connectivity index (χ2v) is 6.15. The number of rotatable bonds is 5. The van der Waals surface area contributed by atoms with Crippen molar-refractivity contribution in [3.05, 3.63) is 59.2 Å². The molecule has 0 spiro atoms. The number of carboxylic acids is 1. The smallest absolute Gasteiger partial charge is 0.322 e. The van der Waals surface area contributed by atoms with Gasteiger partial charge in [0.25, 0.3) is 0 Å². The number of nitrogens with one attached hydrogen (secondary N) is 1. The number of aliphatic carboxylic acids is 1. The Labute approximate surface area is 149 Å². The van der Waals surface area contributed by atoms with E-state index in [-0.39, 0.29) is 12.2 Å². The third-order valence-corrected chi connectivity index (χ3v) is 4.06. The first kappa shape index (κ1) is 17.6. The molecular formula is C19H18FN3O3. The number of nitrogens with zero attached hydrogens (tertiary/aromatic N) is 2. The van der Waals surface area contributed by atoms with Gasteiger partial charge in [-0.15, -0.1) is 0 Å². The van der Waals surface area contributed by atoms with Gasteiger partial charge in [-0.1, -0.05) is 6.07 Å². The van der Waals surface area contributed by atoms with E-state index in [9.17, 15) is 14.0 Å². The van der Waals surface area contributed by atoms with Crippen LogP contribution in [-0.2, 0) is 16.0 Å². The Morgan fingerprint density at radius 1 is 1.23 bits per heavy atom. The number of benzene rings is 1. The first-order valence-corrected chi connectivity index (χ1v) is 8.08. The zero-order chi connectivity index (χ0) is 18.8. The van der Waals surface area contributed by atoms with E-state index >= 15 is 0 Å². The molecule has 6 nitrogen and oxygen atoms in total. The molecule has 0 radical (unpaired) electrons. The maximum atomic E-state index is 13.6. The quantitative estimate of drug-likeness (QED) is 0.737. The zero-order valence-electron chi connectivity index (χ0n) is 14.4. The Morgan fingerprint density at radius 2 is 2.00 bits per heavy atom. The molecule has 2 N–H and O–H groups in total. The summed E-state index contributed by atoms with van der Waals surface area (Å²) in [5.74, 6) is -1.84. The first-order valence-electron chi connectivity index (χ1n) is 8.08. The molecule has 7 heteroatoms. The van der Waals surface area contributed by atoms with Crippen molar-refractivity contribution in [2.45, 2.75) is 20.3 Å². The molecule has 0 aliphatic heterocycles. The number of imidazole rings is 1. The van der Waals surface area contributed by atoms with Crippen LogP contribution >= 0.6 is 0 Å². The molecule has 2 heterocycles. The van der Waals surface area contributed by atoms with Crippen LogP contribution in [0, 0.1) is 19.7 Å². The minimum Gasteiger partial charge on any atom is -0.480 e. The van der Waals surface area contributed by atoms with Gasteiger partial charge in [0.05, 0.1) is 17.8 Å². The van der Waals surface area contributed by atoms with E-state index in [0.29, 0.717) is 28.2 Å². The number of halogens is 1. The molecule has 1 amide bonds. The van der Waals surface area contributed by atoms with Crippen LogP contribution in [0.25, 0.3) is 16.9 Å². The van der Waals surface area contributed by atoms with Gasteiger partial charge in [-0.05, 0) is 49.2 Å². The Balaban J connectivity index is 2.08. The number of hydrogen-bond acceptors (Lipinski definition) is 3. The van der Waals surface area contributed by atoms with Gasteiger partial charge in [-0.2, -0.15) is 0 Å². The van der Waals surface area contributed by atoms with Crippen molar-refractivity contribution in [3.63, 3.8) is 0 Å². The predicted octanol–water partition coefficient (Wildman–Crippen LogP) is 2.50. The summed E-state index contributed by atoms with van der Waals surface area (Å²) in [6.07, 6.45) is 1.83. The van der Waals surface area contributed by atoms with Crippen LogP contribution in [0.1, 0.15) is 16.8 Å². The van der Waals surface area contributed by atoms with E-state index < -0.39 is 18.4 Å². The van der Waals surface area contributed by atoms with Crippen molar-refractivity contribution in [1.82, 2.24) is 14.7 Å². The molecule has 0 saturated carbocycles. The van der Waals surface area contributed by atoms with Gasteiger partial charge in [-0.25, -0.2) is 9.37 Å². The second kappa shape index (κ2) is 6.95. The van der Waals surface area contributed by atoms with Crippen LogP contribution in [-0.4, -0.2) is 32.9 Å². The van der Waals surface area contributed by atoms with E-state index in [4.69, 9.17) is 5.11 Å². The van der Waals surface area contributed by atoms with Crippen molar-refractivity contribution in [1.29, 1.82) is 0 Å². The van der Waals surface area contributed by atoms with Gasteiger partial charge >= 0.3 is 5.97 Å². The van der Waals surface area contributed by atoms with Crippen LogP contribution in [0.5, 0.6) is 0 Å². The maximum absolute atomic E-state index is 13.6. The molecular weight excluding hydrogens is 337 g/mol. The summed E-state index contributed by atoms with van der Waals surface area (Å²) in [4.78, 5) is 27.4. The molecule has 3 aromatic rings. The van der Waals surface area contributed by atoms with Crippen LogP contribution in [0.15, 0.2) is 36.5 Å². The minimum absolute atomic E-state index is 0.0380. The molecule has 0 fully saturated rings. The van der Waals surface area contributed by atoms with Crippen LogP contribution < -0.4 is 5.32 Å². The number of fused-ring (bicyclic) bond motifs is 1. The standard InChI is InChI=1S/C19H18FN3O3/c1-11-3-6-16-22-19(13-4-5-14(20)12(2)7-13)15(23(16)10-11)8-17(24)21-9-18(25)26/h3-7,10H,8-9H2,1-2H3,(H,21,24)(H,25,26). The van der Waals surface area contributed by atoms with Gasteiger partial charge in [0.2, 0.25) is 5.91 Å². The number of hydrogen-bond donors (Lipinski definition) is 2. The Hall–Kier alpha value is -3.22. The molecule has 2 aromatic heterocycles. The van der Waals surface area contributed by atoms with Crippen LogP contribution in [0.2, 0.25) is 0 Å². The molecule has 0 aliphatic rings. The summed E-state index contributed by atoms with van der Waals surface area (Å²) >= 11 is 0. The molecule has 3 rings (SSSR count). The SMILES string of the molecule is Cc1ccc2nc(-c3ccc(F)c(C)c3)c(CC(=O)NCC(=O)O)n2c1. The van der Waals surface area contributed by atoms with E-state index in [1.807, 2.05) is 29.7 Å². The van der Waals surface area contributed by atoms with Gasteiger partial charge in [0, 0.05) is 11.8 Å². The zero-order valence-corrected chi connectivity index (χ0v) is 14.4. The predicted molar refractivity (Wildman–Crippen MR) is 94.4 cm³/mol. The highest BCUT2D eigenvalue weighted by Gasteiger charge is 2.18. The van der Waals surface area contributed by atoms with Crippen LogP contribution in [0.4, 0.5) is 4.39 Å². The number of carbonyl (C=O) groups excluding carboxylic acids is 1. The molecule has 0 aliphatic carbocycles. The molecule has 0 saturated heterocycles. The van der Waals surface area contributed by atoms with Crippen molar-refractivity contribution >= 4 is 17.5 Å². The maximum Gasteiger partial charge on any atom is 0.322 e. The Morgan fingerprint density at radius 3 is 2.69 bits per heavy atom. The van der Waals surface area contributed by atoms with Gasteiger partial charge < -0.3 is 14.8 Å². The molecule has 134 valence electrons. The summed E-state index contributed by atoms with van der Waals surface area (Å²) in [6.45, 7) is 3.15. The van der Waals surface area contributed by atoms with Crippen molar-refractivity contribution < 1.29 is 19.1 Å². The molecule has 1 aromatic carbocycles. The Bertz CT molecular complexity index is 1010. The van der Waals surface area contributed by atoms with Gasteiger partial charge in [0.1, 0.15) is 18.0 Å². The lowest BCUT2D eigenvalue weighted by Crippen LogP contribution is -2.30. The van der Waals surface area contributed by atoms with Gasteiger partial charge in [-0.3, -0.25) is 9.59 Å². The summed E-state index contributed by atoms with van der Waals surface area (Å²) in [6, 6.07) is 8.43. The van der Waals surface area contributed by atoms with E-state index in [1.54, 1.807) is 19.1 Å². The number of carbonyl (C=O) groups is 2. The van der Waals surface area contributed by atoms with Crippen molar-refractivity contribution in [2.75, 3.05) is 6.54 Å². The number of aryl methyl sites for hydroxylation is 2. The lowest BCUT2D eigenvalue weighted by molar-refractivity contribution is -0.137. The van der Waals surface area contributed by atoms with E-state index in [2.05, 4.69) is 10.3 Å². The first-order chi connectivity index (χ1) is 12.3. The minimum atomic E-state index is -1.11. The van der Waals surface area contributed by atoms with E-state index in [0.717, 1.165) is 5.56 Å². The van der Waals surface area contributed by atoms with Gasteiger partial charge in [0.15, 0.2) is 0 Å². The number of pyridine rings is 1. The fourth-order valence-corrected chi connectivity index (χ4v) is 2.78. The largest absolute Gasteiger partial charge is 0.480 e. The molecule has 0 unspecified atom stereocenters. The third-order valence-electron chi connectivity index (χ3n) is 4.06. The Kier molecular flexibility index (Phi) is 4.71. The summed E-state index contributed by atoms with van der Waals surface area (Å²) in [7, 11) is 0. The highest BCUT2D eigenvalue weighted by molar-refractivity contribution is 5.84. The summed E-state index contributed by atoms with van der Waals surface area (Å²) < 4.78 is 15.4. The second-order valence-electron chi connectivity index (χ2n) is 6.15. The summed E-state index contributed by atoms with van der Waals surface area (Å²) in [5.41, 5.74) is 4.03. The summed E-state index contributed by atoms with van der Waals surface area (Å²) in [5, 5.41) is 11.1. The lowest BCUT2D eigenvalue weighted by atomic mass is 10.1. The normalized spacial score (nSPS) is 10.9. The van der Waals surface area contributed by atoms with Crippen molar-refractivity contribution in [3.8, 4) is 11.3 Å². The topological polar surface area (TPSA) is 83.7 Å². The number of carboxylic acid groups (broad SMARTS) is 1. The molecule has 26 heavy (non-hydrogen) atoms. The highest BCUT2D eigenvalue weighted by Crippen LogP contribution is 2.27. The number of amides is 1. The number of aromatic nitrogens is 2. The third kappa shape index (κ3) is 3.56. The molecule has 0 atom stereocenters. The highest BCUT2D eigenvalue weighted by atomic mass is 19.1. The monoisotopic (exact) mass is 355 g/mol.